The number of hydrogen-bond donors (Lipinski definition) is 2. The number of halogens is 2. The molecule has 0 unspecified atom stereocenters. The van der Waals surface area contributed by atoms with E-state index in [1.165, 1.54) is 24.3 Å². The zero-order chi connectivity index (χ0) is 17.9. The van der Waals surface area contributed by atoms with Gasteiger partial charge in [-0.05, 0) is 55.0 Å². The zero-order valence-electron chi connectivity index (χ0n) is 12.4. The molecule has 2 aromatic carbocycles. The fraction of sp³-hybridized carbons (Fsp3) is 0.0625. The van der Waals surface area contributed by atoms with E-state index in [9.17, 15) is 14.7 Å². The molecule has 0 fully saturated rings. The summed E-state index contributed by atoms with van der Waals surface area (Å²) in [6.07, 6.45) is 0. The molecule has 0 radical (unpaired) electrons. The molecule has 0 aliphatic carbocycles. The molecule has 0 aliphatic heterocycles. The molecule has 0 aromatic heterocycles. The maximum absolute atomic E-state index is 12.1. The molecule has 2 aromatic rings. The van der Waals surface area contributed by atoms with Gasteiger partial charge >= 0.3 is 0 Å². The number of rotatable bonds is 3. The number of benzene rings is 2. The van der Waals surface area contributed by atoms with E-state index in [1.807, 2.05) is 6.92 Å². The monoisotopic (exact) mass is 381 g/mol. The van der Waals surface area contributed by atoms with Gasteiger partial charge < -0.3 is 15.2 Å². The minimum absolute atomic E-state index is 0.00307. The predicted molar refractivity (Wildman–Crippen MR) is 95.7 cm³/mol. The molecule has 2 rings (SSSR count). The number of carboxylic acid groups (broad SMARTS) is 1. The average molecular weight is 382 g/mol. The van der Waals surface area contributed by atoms with Gasteiger partial charge in [0.05, 0.1) is 5.97 Å². The molecule has 0 heterocycles. The van der Waals surface area contributed by atoms with E-state index in [2.05, 4.69) is 10.6 Å². The SMILES string of the molecule is Cc1ccc(C(=O)NC(=S)Nc2ccc(Cl)c(C(=O)[O-])c2)cc1Cl. The van der Waals surface area contributed by atoms with Crippen molar-refractivity contribution in [3.05, 3.63) is 63.1 Å². The number of anilines is 1. The molecule has 24 heavy (non-hydrogen) atoms. The van der Waals surface area contributed by atoms with Gasteiger partial charge in [0, 0.05) is 26.9 Å². The number of nitrogens with one attached hydrogen (secondary N) is 2. The Morgan fingerprint density at radius 2 is 1.79 bits per heavy atom. The third-order valence-electron chi connectivity index (χ3n) is 3.11. The van der Waals surface area contributed by atoms with E-state index in [1.54, 1.807) is 12.1 Å². The Morgan fingerprint density at radius 3 is 2.42 bits per heavy atom. The average Bonchev–Trinajstić information content (AvgIpc) is 2.51. The maximum atomic E-state index is 12.1. The molecule has 8 heteroatoms. The third kappa shape index (κ3) is 4.44. The van der Waals surface area contributed by atoms with Gasteiger partial charge in [0.15, 0.2) is 5.11 Å². The largest absolute Gasteiger partial charge is 0.545 e. The molecular formula is C16H11Cl2N2O3S-. The fourth-order valence-electron chi connectivity index (χ4n) is 1.83. The quantitative estimate of drug-likeness (QED) is 0.798. The van der Waals surface area contributed by atoms with Crippen LogP contribution in [0.2, 0.25) is 10.0 Å². The molecule has 0 spiro atoms. The Kier molecular flexibility index (Phi) is 5.77. The first kappa shape index (κ1) is 18.2. The number of aryl methyl sites for hydroxylation is 1. The van der Waals surface area contributed by atoms with Gasteiger partial charge in [-0.2, -0.15) is 0 Å². The van der Waals surface area contributed by atoms with Gasteiger partial charge in [-0.15, -0.1) is 0 Å². The van der Waals surface area contributed by atoms with Crippen molar-refractivity contribution < 1.29 is 14.7 Å². The zero-order valence-corrected chi connectivity index (χ0v) is 14.7. The summed E-state index contributed by atoms with van der Waals surface area (Å²) >= 11 is 16.8. The third-order valence-corrected chi connectivity index (χ3v) is 4.05. The van der Waals surface area contributed by atoms with E-state index >= 15 is 0 Å². The lowest BCUT2D eigenvalue weighted by atomic mass is 10.1. The van der Waals surface area contributed by atoms with Crippen molar-refractivity contribution in [3.8, 4) is 0 Å². The summed E-state index contributed by atoms with van der Waals surface area (Å²) in [7, 11) is 0. The van der Waals surface area contributed by atoms with Crippen LogP contribution in [0.1, 0.15) is 26.3 Å². The standard InChI is InChI=1S/C16H12Cl2N2O3S/c1-8-2-3-9(6-13(8)18)14(21)20-16(24)19-10-4-5-12(17)11(7-10)15(22)23/h2-7H,1H3,(H,22,23)(H2,19,20,21,24)/p-1. The minimum Gasteiger partial charge on any atom is -0.545 e. The number of aromatic carboxylic acids is 1. The minimum atomic E-state index is -1.41. The number of carbonyl (C=O) groups excluding carboxylic acids is 2. The Hall–Kier alpha value is -2.15. The van der Waals surface area contributed by atoms with Crippen LogP contribution in [0.5, 0.6) is 0 Å². The van der Waals surface area contributed by atoms with Crippen molar-refractivity contribution in [1.29, 1.82) is 0 Å². The van der Waals surface area contributed by atoms with Crippen molar-refractivity contribution in [2.75, 3.05) is 5.32 Å². The first-order valence-corrected chi connectivity index (χ1v) is 7.83. The smallest absolute Gasteiger partial charge is 0.257 e. The molecule has 0 atom stereocenters. The molecule has 5 nitrogen and oxygen atoms in total. The van der Waals surface area contributed by atoms with Crippen LogP contribution in [0.3, 0.4) is 0 Å². The second-order valence-corrected chi connectivity index (χ2v) is 6.08. The molecule has 0 saturated carbocycles. The van der Waals surface area contributed by atoms with Crippen LogP contribution in [-0.2, 0) is 0 Å². The number of carboxylic acids is 1. The van der Waals surface area contributed by atoms with E-state index in [-0.39, 0.29) is 15.7 Å². The highest BCUT2D eigenvalue weighted by Gasteiger charge is 2.10. The van der Waals surface area contributed by atoms with Crippen molar-refractivity contribution in [2.24, 2.45) is 0 Å². The second kappa shape index (κ2) is 7.61. The number of hydrogen-bond acceptors (Lipinski definition) is 4. The van der Waals surface area contributed by atoms with E-state index in [4.69, 9.17) is 35.4 Å². The maximum Gasteiger partial charge on any atom is 0.257 e. The van der Waals surface area contributed by atoms with Gasteiger partial charge in [0.25, 0.3) is 5.91 Å². The van der Waals surface area contributed by atoms with Crippen LogP contribution in [0.25, 0.3) is 0 Å². The fourth-order valence-corrected chi connectivity index (χ4v) is 2.42. The van der Waals surface area contributed by atoms with Crippen LogP contribution in [-0.4, -0.2) is 17.0 Å². The van der Waals surface area contributed by atoms with Crippen LogP contribution in [0.4, 0.5) is 5.69 Å². The molecule has 0 aliphatic rings. The van der Waals surface area contributed by atoms with Crippen molar-refractivity contribution in [1.82, 2.24) is 5.32 Å². The van der Waals surface area contributed by atoms with Gasteiger partial charge in [0.2, 0.25) is 0 Å². The van der Waals surface area contributed by atoms with Crippen LogP contribution in [0.15, 0.2) is 36.4 Å². The van der Waals surface area contributed by atoms with Crippen LogP contribution in [0, 0.1) is 6.92 Å². The highest BCUT2D eigenvalue weighted by molar-refractivity contribution is 7.80. The molecule has 1 amide bonds. The Labute approximate surface area is 153 Å². The van der Waals surface area contributed by atoms with E-state index < -0.39 is 11.9 Å². The molecule has 2 N–H and O–H groups in total. The lowest BCUT2D eigenvalue weighted by Gasteiger charge is -2.12. The van der Waals surface area contributed by atoms with Crippen molar-refractivity contribution in [3.63, 3.8) is 0 Å². The van der Waals surface area contributed by atoms with Crippen molar-refractivity contribution >= 4 is 58.1 Å². The molecular weight excluding hydrogens is 371 g/mol. The number of thiocarbonyl (C=S) groups is 1. The summed E-state index contributed by atoms with van der Waals surface area (Å²) in [6.45, 7) is 1.83. The summed E-state index contributed by atoms with van der Waals surface area (Å²) < 4.78 is 0. The summed E-state index contributed by atoms with van der Waals surface area (Å²) in [6, 6.07) is 9.05. The van der Waals surface area contributed by atoms with Gasteiger partial charge in [-0.1, -0.05) is 29.3 Å². The summed E-state index contributed by atoms with van der Waals surface area (Å²) in [5.41, 5.74) is 1.37. The van der Waals surface area contributed by atoms with Gasteiger partial charge in [-0.25, -0.2) is 0 Å². The second-order valence-electron chi connectivity index (χ2n) is 4.85. The van der Waals surface area contributed by atoms with Crippen LogP contribution >= 0.6 is 35.4 Å². The molecule has 124 valence electrons. The summed E-state index contributed by atoms with van der Waals surface area (Å²) in [5, 5.41) is 16.7. The molecule has 0 bridgehead atoms. The summed E-state index contributed by atoms with van der Waals surface area (Å²) in [5.74, 6) is -1.85. The summed E-state index contributed by atoms with van der Waals surface area (Å²) in [4.78, 5) is 23.1. The van der Waals surface area contributed by atoms with Gasteiger partial charge in [-0.3, -0.25) is 10.1 Å². The first-order valence-electron chi connectivity index (χ1n) is 6.67. The van der Waals surface area contributed by atoms with Crippen LogP contribution < -0.4 is 15.7 Å². The predicted octanol–water partition coefficient (Wildman–Crippen LogP) is 2.79. The normalized spacial score (nSPS) is 10.1. The lowest BCUT2D eigenvalue weighted by molar-refractivity contribution is -0.255. The van der Waals surface area contributed by atoms with E-state index in [0.29, 0.717) is 16.3 Å². The first-order chi connectivity index (χ1) is 11.3. The van der Waals surface area contributed by atoms with E-state index in [0.717, 1.165) is 5.56 Å². The number of carbonyl (C=O) groups is 2. The lowest BCUT2D eigenvalue weighted by Crippen LogP contribution is -2.34. The Balaban J connectivity index is 2.07. The highest BCUT2D eigenvalue weighted by atomic mass is 35.5. The van der Waals surface area contributed by atoms with Crippen molar-refractivity contribution in [2.45, 2.75) is 6.92 Å². The molecule has 0 saturated heterocycles. The Morgan fingerprint density at radius 1 is 1.08 bits per heavy atom. The van der Waals surface area contributed by atoms with Gasteiger partial charge in [0.1, 0.15) is 0 Å². The number of amides is 1. The highest BCUT2D eigenvalue weighted by Crippen LogP contribution is 2.20. The Bertz CT molecular complexity index is 840. The topological polar surface area (TPSA) is 81.3 Å².